The Balaban J connectivity index is 1.90. The summed E-state index contributed by atoms with van der Waals surface area (Å²) in [5.74, 6) is 0.757. The van der Waals surface area contributed by atoms with Crippen molar-refractivity contribution in [2.24, 2.45) is 5.92 Å². The van der Waals surface area contributed by atoms with Gasteiger partial charge in [-0.2, -0.15) is 0 Å². The largest absolute Gasteiger partial charge is 0.355 e. The number of rotatable bonds is 5. The third-order valence-corrected chi connectivity index (χ3v) is 4.77. The average molecular weight is 367 g/mol. The molecule has 0 aliphatic carbocycles. The molecule has 136 valence electrons. The van der Waals surface area contributed by atoms with Gasteiger partial charge in [-0.25, -0.2) is 4.98 Å². The summed E-state index contributed by atoms with van der Waals surface area (Å²) in [7, 11) is 0. The number of aromatic nitrogens is 1. The highest BCUT2D eigenvalue weighted by atomic mass is 35.5. The van der Waals surface area contributed by atoms with Crippen LogP contribution in [0, 0.1) is 16.0 Å². The van der Waals surface area contributed by atoms with E-state index in [1.807, 2.05) is 31.7 Å². The normalized spacial score (nSPS) is 23.4. The van der Waals surface area contributed by atoms with E-state index in [0.29, 0.717) is 23.9 Å². The van der Waals surface area contributed by atoms with Crippen LogP contribution in [-0.2, 0) is 11.3 Å². The van der Waals surface area contributed by atoms with Gasteiger partial charge in [-0.15, -0.1) is 0 Å². The second-order valence-electron chi connectivity index (χ2n) is 6.89. The predicted molar refractivity (Wildman–Crippen MR) is 94.2 cm³/mol. The van der Waals surface area contributed by atoms with Gasteiger partial charge < -0.3 is 14.5 Å². The van der Waals surface area contributed by atoms with Gasteiger partial charge in [-0.1, -0.05) is 24.6 Å². The number of pyridine rings is 1. The minimum atomic E-state index is -0.247. The van der Waals surface area contributed by atoms with E-state index in [2.05, 4.69) is 9.88 Å². The SMILES string of the molecule is CC(C)OC1C(C)CC([N+](=O)[O-])=C2N(Cc3ccc(Cl)nc3)CCN21. The quantitative estimate of drug-likeness (QED) is 0.453. The monoisotopic (exact) mass is 366 g/mol. The summed E-state index contributed by atoms with van der Waals surface area (Å²) in [6.45, 7) is 8.00. The second kappa shape index (κ2) is 7.17. The van der Waals surface area contributed by atoms with E-state index in [1.54, 1.807) is 12.3 Å². The molecule has 2 aliphatic rings. The molecule has 25 heavy (non-hydrogen) atoms. The van der Waals surface area contributed by atoms with Crippen molar-refractivity contribution in [2.75, 3.05) is 13.1 Å². The number of halogens is 1. The molecule has 2 atom stereocenters. The van der Waals surface area contributed by atoms with E-state index >= 15 is 0 Å². The number of ether oxygens (including phenoxy) is 1. The minimum Gasteiger partial charge on any atom is -0.355 e. The van der Waals surface area contributed by atoms with Crippen molar-refractivity contribution >= 4 is 11.6 Å². The van der Waals surface area contributed by atoms with E-state index < -0.39 is 0 Å². The molecule has 0 bridgehead atoms. The van der Waals surface area contributed by atoms with Gasteiger partial charge in [0, 0.05) is 38.2 Å². The van der Waals surface area contributed by atoms with Crippen LogP contribution in [0.4, 0.5) is 0 Å². The van der Waals surface area contributed by atoms with Crippen LogP contribution in [0.5, 0.6) is 0 Å². The topological polar surface area (TPSA) is 71.7 Å². The standard InChI is InChI=1S/C17H23ClN4O3/c1-11(2)25-17-12(3)8-14(22(23)24)16-20(6-7-21(16)17)10-13-4-5-15(18)19-9-13/h4-5,9,11-12,17H,6-8,10H2,1-3H3. The highest BCUT2D eigenvalue weighted by Gasteiger charge is 2.45. The zero-order valence-corrected chi connectivity index (χ0v) is 15.4. The van der Waals surface area contributed by atoms with E-state index in [-0.39, 0.29) is 28.9 Å². The van der Waals surface area contributed by atoms with Gasteiger partial charge >= 0.3 is 0 Å². The molecule has 8 heteroatoms. The summed E-state index contributed by atoms with van der Waals surface area (Å²) in [6, 6.07) is 3.64. The molecule has 0 radical (unpaired) electrons. The molecule has 0 saturated carbocycles. The molecule has 2 aliphatic heterocycles. The average Bonchev–Trinajstić information content (AvgIpc) is 2.95. The number of nitrogens with zero attached hydrogens (tertiary/aromatic N) is 4. The summed E-state index contributed by atoms with van der Waals surface area (Å²) in [5, 5.41) is 12.1. The molecule has 3 heterocycles. The maximum absolute atomic E-state index is 11.6. The number of hydrogen-bond donors (Lipinski definition) is 0. The summed E-state index contributed by atoms with van der Waals surface area (Å²) >= 11 is 5.84. The van der Waals surface area contributed by atoms with Crippen LogP contribution in [0.1, 0.15) is 32.8 Å². The summed E-state index contributed by atoms with van der Waals surface area (Å²) in [6.07, 6.45) is 2.06. The zero-order valence-electron chi connectivity index (χ0n) is 14.7. The smallest absolute Gasteiger partial charge is 0.286 e. The van der Waals surface area contributed by atoms with E-state index in [4.69, 9.17) is 16.3 Å². The Morgan fingerprint density at radius 3 is 2.80 bits per heavy atom. The maximum Gasteiger partial charge on any atom is 0.286 e. The third-order valence-electron chi connectivity index (χ3n) is 4.54. The molecule has 2 unspecified atom stereocenters. The van der Waals surface area contributed by atoms with Gasteiger partial charge in [0.1, 0.15) is 11.4 Å². The molecule has 0 N–H and O–H groups in total. The van der Waals surface area contributed by atoms with Crippen molar-refractivity contribution in [3.05, 3.63) is 50.7 Å². The number of allylic oxidation sites excluding steroid dienone is 1. The van der Waals surface area contributed by atoms with Crippen LogP contribution in [0.15, 0.2) is 29.8 Å². The van der Waals surface area contributed by atoms with Gasteiger partial charge in [0.2, 0.25) is 0 Å². The fraction of sp³-hybridized carbons (Fsp3) is 0.588. The first kappa shape index (κ1) is 17.9. The van der Waals surface area contributed by atoms with Gasteiger partial charge in [-0.3, -0.25) is 10.1 Å². The van der Waals surface area contributed by atoms with Crippen LogP contribution < -0.4 is 0 Å². The lowest BCUT2D eigenvalue weighted by molar-refractivity contribution is -0.435. The van der Waals surface area contributed by atoms with Crippen LogP contribution >= 0.6 is 11.6 Å². The lowest BCUT2D eigenvalue weighted by Gasteiger charge is -2.39. The van der Waals surface area contributed by atoms with Crippen LogP contribution in [0.2, 0.25) is 5.15 Å². The highest BCUT2D eigenvalue weighted by Crippen LogP contribution is 2.38. The van der Waals surface area contributed by atoms with Gasteiger partial charge in [-0.05, 0) is 25.5 Å². The predicted octanol–water partition coefficient (Wildman–Crippen LogP) is 3.09. The van der Waals surface area contributed by atoms with Crippen molar-refractivity contribution < 1.29 is 9.66 Å². The fourth-order valence-corrected chi connectivity index (χ4v) is 3.65. The zero-order chi connectivity index (χ0) is 18.1. The van der Waals surface area contributed by atoms with Crippen molar-refractivity contribution in [2.45, 2.75) is 46.1 Å². The molecule has 0 spiro atoms. The van der Waals surface area contributed by atoms with Crippen molar-refractivity contribution in [3.8, 4) is 0 Å². The minimum absolute atomic E-state index is 0.0698. The molecule has 0 amide bonds. The van der Waals surface area contributed by atoms with Crippen molar-refractivity contribution in [3.63, 3.8) is 0 Å². The summed E-state index contributed by atoms with van der Waals surface area (Å²) in [4.78, 5) is 19.6. The third kappa shape index (κ3) is 3.72. The van der Waals surface area contributed by atoms with Crippen molar-refractivity contribution in [1.82, 2.24) is 14.8 Å². The van der Waals surface area contributed by atoms with E-state index in [9.17, 15) is 10.1 Å². The van der Waals surface area contributed by atoms with Gasteiger partial charge in [0.15, 0.2) is 5.82 Å². The molecule has 1 fully saturated rings. The Bertz CT molecular complexity index is 677. The molecule has 7 nitrogen and oxygen atoms in total. The van der Waals surface area contributed by atoms with Crippen LogP contribution in [0.3, 0.4) is 0 Å². The number of hydrogen-bond acceptors (Lipinski definition) is 6. The molecule has 1 aromatic heterocycles. The maximum atomic E-state index is 11.6. The number of nitro groups is 1. The number of fused-ring (bicyclic) bond motifs is 1. The Morgan fingerprint density at radius 2 is 2.20 bits per heavy atom. The molecular formula is C17H23ClN4O3. The molecule has 3 rings (SSSR count). The summed E-state index contributed by atoms with van der Waals surface area (Å²) < 4.78 is 6.07. The van der Waals surface area contributed by atoms with E-state index in [1.165, 1.54) is 0 Å². The molecular weight excluding hydrogens is 344 g/mol. The lowest BCUT2D eigenvalue weighted by Crippen LogP contribution is -2.46. The summed E-state index contributed by atoms with van der Waals surface area (Å²) in [5.41, 5.74) is 1.25. The Hall–Kier alpha value is -1.86. The fourth-order valence-electron chi connectivity index (χ4n) is 3.54. The van der Waals surface area contributed by atoms with Crippen LogP contribution in [-0.4, -0.2) is 45.1 Å². The highest BCUT2D eigenvalue weighted by molar-refractivity contribution is 6.29. The first-order chi connectivity index (χ1) is 11.9. The second-order valence-corrected chi connectivity index (χ2v) is 7.28. The first-order valence-electron chi connectivity index (χ1n) is 8.52. The van der Waals surface area contributed by atoms with Crippen LogP contribution in [0.25, 0.3) is 0 Å². The first-order valence-corrected chi connectivity index (χ1v) is 8.89. The molecule has 1 saturated heterocycles. The van der Waals surface area contributed by atoms with Gasteiger partial charge in [0.25, 0.3) is 5.70 Å². The van der Waals surface area contributed by atoms with E-state index in [0.717, 1.165) is 18.7 Å². The Kier molecular flexibility index (Phi) is 5.15. The van der Waals surface area contributed by atoms with Crippen molar-refractivity contribution in [1.29, 1.82) is 0 Å². The Morgan fingerprint density at radius 1 is 1.44 bits per heavy atom. The molecule has 1 aromatic rings. The van der Waals surface area contributed by atoms with Gasteiger partial charge in [0.05, 0.1) is 11.0 Å². The Labute approximate surface area is 152 Å². The molecule has 0 aromatic carbocycles. The lowest BCUT2D eigenvalue weighted by atomic mass is 9.98.